The maximum atomic E-state index is 12.0. The number of rotatable bonds is 4. The van der Waals surface area contributed by atoms with Crippen LogP contribution in [0.2, 0.25) is 0 Å². The quantitative estimate of drug-likeness (QED) is 0.549. The summed E-state index contributed by atoms with van der Waals surface area (Å²) in [5, 5.41) is 18.4. The number of aromatic carboxylic acids is 1. The first kappa shape index (κ1) is 17.6. The Kier molecular flexibility index (Phi) is 4.99. The van der Waals surface area contributed by atoms with Gasteiger partial charge in [-0.25, -0.2) is 9.59 Å². The molecule has 0 bridgehead atoms. The number of nitrogens with two attached hydrogens (primary N) is 1. The topological polar surface area (TPSA) is 128 Å². The first-order valence-electron chi connectivity index (χ1n) is 6.46. The number of anilines is 1. The summed E-state index contributed by atoms with van der Waals surface area (Å²) < 4.78 is 11.7. The van der Waals surface area contributed by atoms with Crippen LogP contribution in [-0.2, 0) is 4.74 Å². The Bertz CT molecular complexity index is 882. The molecule has 0 aliphatic rings. The number of carboxylic acids is 1. The molecule has 0 aliphatic carbocycles. The molecule has 3 N–H and O–H groups in total. The highest BCUT2D eigenvalue weighted by Gasteiger charge is 2.24. The first-order valence-corrected chi connectivity index (χ1v) is 7.54. The van der Waals surface area contributed by atoms with Gasteiger partial charge in [0.2, 0.25) is 0 Å². The number of halogens is 1. The maximum absolute atomic E-state index is 12.0. The fourth-order valence-corrected chi connectivity index (χ4v) is 2.89. The number of nitrogen functional groups attached to an aromatic ring is 1. The largest absolute Gasteiger partial charge is 0.496 e. The van der Waals surface area contributed by atoms with Crippen LogP contribution < -0.4 is 10.5 Å². The van der Waals surface area contributed by atoms with Crippen molar-refractivity contribution in [2.75, 3.05) is 20.0 Å². The van der Waals surface area contributed by atoms with Crippen molar-refractivity contribution in [2.24, 2.45) is 0 Å². The molecule has 0 atom stereocenters. The lowest BCUT2D eigenvalue weighted by molar-refractivity contribution is 0.0591. The molecule has 2 rings (SSSR count). The van der Waals surface area contributed by atoms with Crippen LogP contribution in [0.1, 0.15) is 26.4 Å². The van der Waals surface area contributed by atoms with Crippen LogP contribution in [0.4, 0.5) is 5.69 Å². The van der Waals surface area contributed by atoms with Crippen molar-refractivity contribution in [3.05, 3.63) is 38.7 Å². The Balaban J connectivity index is 2.80. The molecule has 8 nitrogen and oxygen atoms in total. The number of nitrogens with zero attached hydrogens (tertiary/aromatic N) is 2. The minimum atomic E-state index is -1.14. The van der Waals surface area contributed by atoms with E-state index in [0.717, 1.165) is 0 Å². The van der Waals surface area contributed by atoms with Gasteiger partial charge in [0.25, 0.3) is 0 Å². The highest BCUT2D eigenvalue weighted by molar-refractivity contribution is 14.1. The lowest BCUT2D eigenvalue weighted by atomic mass is 10.1. The minimum absolute atomic E-state index is 0.0126. The molecule has 1 aromatic heterocycles. The molecule has 24 heavy (non-hydrogen) atoms. The zero-order valence-electron chi connectivity index (χ0n) is 12.7. The van der Waals surface area contributed by atoms with E-state index in [9.17, 15) is 14.7 Å². The summed E-state index contributed by atoms with van der Waals surface area (Å²) in [4.78, 5) is 23.3. The maximum Gasteiger partial charge on any atom is 0.357 e. The molecule has 0 spiro atoms. The van der Waals surface area contributed by atoms with Gasteiger partial charge in [-0.3, -0.25) is 0 Å². The highest BCUT2D eigenvalue weighted by atomic mass is 127. The van der Waals surface area contributed by atoms with E-state index in [1.165, 1.54) is 37.1 Å². The smallest absolute Gasteiger partial charge is 0.357 e. The lowest BCUT2D eigenvalue weighted by Gasteiger charge is -2.13. The van der Waals surface area contributed by atoms with Crippen molar-refractivity contribution in [3.63, 3.8) is 0 Å². The van der Waals surface area contributed by atoms with Gasteiger partial charge in [-0.1, -0.05) is 0 Å². The third-order valence-electron chi connectivity index (χ3n) is 3.30. The van der Waals surface area contributed by atoms with Crippen molar-refractivity contribution in [1.29, 1.82) is 5.26 Å². The number of carbonyl (C=O) groups is 2. The van der Waals surface area contributed by atoms with Crippen LogP contribution >= 0.6 is 22.6 Å². The summed E-state index contributed by atoms with van der Waals surface area (Å²) in [6, 6.07) is 4.76. The molecule has 0 saturated heterocycles. The second kappa shape index (κ2) is 6.79. The standard InChI is InChI=1S/C15H12IN3O5/c1-23-11-4-10(9(16)3-8(11)14(20)21)19-6-7(5-17)12(18)13(19)15(22)24-2/h3-4,6H,18H2,1-2H3,(H,20,21). The Morgan fingerprint density at radius 1 is 1.38 bits per heavy atom. The molecule has 0 amide bonds. The van der Waals surface area contributed by atoms with Crippen LogP contribution in [0.15, 0.2) is 18.3 Å². The van der Waals surface area contributed by atoms with Gasteiger partial charge in [0, 0.05) is 15.8 Å². The van der Waals surface area contributed by atoms with E-state index in [2.05, 4.69) is 0 Å². The second-order valence-electron chi connectivity index (χ2n) is 4.59. The number of ether oxygens (including phenoxy) is 2. The van der Waals surface area contributed by atoms with E-state index in [1.54, 1.807) is 0 Å². The molecule has 9 heteroatoms. The van der Waals surface area contributed by atoms with E-state index in [4.69, 9.17) is 20.5 Å². The van der Waals surface area contributed by atoms with Crippen LogP contribution in [-0.4, -0.2) is 35.8 Å². The molecule has 0 saturated carbocycles. The van der Waals surface area contributed by atoms with E-state index in [0.29, 0.717) is 9.26 Å². The van der Waals surface area contributed by atoms with Gasteiger partial charge < -0.3 is 24.9 Å². The number of aromatic nitrogens is 1. The molecule has 124 valence electrons. The number of hydrogen-bond acceptors (Lipinski definition) is 6. The normalized spacial score (nSPS) is 10.1. The van der Waals surface area contributed by atoms with Crippen LogP contribution in [0, 0.1) is 14.9 Å². The van der Waals surface area contributed by atoms with Gasteiger partial charge in [-0.05, 0) is 28.7 Å². The summed E-state index contributed by atoms with van der Waals surface area (Å²) in [6.07, 6.45) is 1.39. The predicted octanol–water partition coefficient (Wildman–Crippen LogP) is 2.03. The van der Waals surface area contributed by atoms with Crippen LogP contribution in [0.5, 0.6) is 5.75 Å². The number of carboxylic acid groups (broad SMARTS) is 1. The minimum Gasteiger partial charge on any atom is -0.496 e. The Morgan fingerprint density at radius 2 is 2.04 bits per heavy atom. The zero-order chi connectivity index (χ0) is 18.0. The summed E-state index contributed by atoms with van der Waals surface area (Å²) >= 11 is 1.93. The van der Waals surface area contributed by atoms with E-state index < -0.39 is 11.9 Å². The summed E-state index contributed by atoms with van der Waals surface area (Å²) in [7, 11) is 2.54. The van der Waals surface area contributed by atoms with E-state index >= 15 is 0 Å². The fourth-order valence-electron chi connectivity index (χ4n) is 2.17. The van der Waals surface area contributed by atoms with Crippen molar-refractivity contribution >= 4 is 40.2 Å². The summed E-state index contributed by atoms with van der Waals surface area (Å²) in [6.45, 7) is 0. The summed E-state index contributed by atoms with van der Waals surface area (Å²) in [5.74, 6) is -1.75. The first-order chi connectivity index (χ1) is 11.3. The monoisotopic (exact) mass is 441 g/mol. The lowest BCUT2D eigenvalue weighted by Crippen LogP contribution is -2.12. The van der Waals surface area contributed by atoms with Gasteiger partial charge in [0.1, 0.15) is 17.4 Å². The number of methoxy groups -OCH3 is 2. The molecule has 0 radical (unpaired) electrons. The van der Waals surface area contributed by atoms with Crippen molar-refractivity contribution in [2.45, 2.75) is 0 Å². The van der Waals surface area contributed by atoms with E-state index in [-0.39, 0.29) is 28.3 Å². The van der Waals surface area contributed by atoms with Gasteiger partial charge in [0.15, 0.2) is 5.69 Å². The van der Waals surface area contributed by atoms with Gasteiger partial charge in [-0.15, -0.1) is 0 Å². The molecule has 0 aliphatic heterocycles. The fraction of sp³-hybridized carbons (Fsp3) is 0.133. The van der Waals surface area contributed by atoms with Crippen molar-refractivity contribution in [3.8, 4) is 17.5 Å². The summed E-state index contributed by atoms with van der Waals surface area (Å²) in [5.41, 5.74) is 6.34. The molecule has 1 aromatic carbocycles. The third kappa shape index (κ3) is 2.88. The average molecular weight is 441 g/mol. The Hall–Kier alpha value is -2.74. The average Bonchev–Trinajstić information content (AvgIpc) is 2.90. The Morgan fingerprint density at radius 3 is 2.54 bits per heavy atom. The third-order valence-corrected chi connectivity index (χ3v) is 4.17. The second-order valence-corrected chi connectivity index (χ2v) is 5.75. The molecule has 0 unspecified atom stereocenters. The molecule has 1 heterocycles. The SMILES string of the molecule is COC(=O)c1c(N)c(C#N)cn1-c1cc(OC)c(C(=O)O)cc1I. The predicted molar refractivity (Wildman–Crippen MR) is 92.5 cm³/mol. The number of esters is 1. The number of carbonyl (C=O) groups excluding carboxylic acids is 1. The molecular formula is C15H12IN3O5. The molecule has 2 aromatic rings. The zero-order valence-corrected chi connectivity index (χ0v) is 14.8. The van der Waals surface area contributed by atoms with Gasteiger partial charge in [0.05, 0.1) is 31.2 Å². The van der Waals surface area contributed by atoms with Crippen LogP contribution in [0.3, 0.4) is 0 Å². The number of hydrogen-bond donors (Lipinski definition) is 2. The van der Waals surface area contributed by atoms with Gasteiger partial charge >= 0.3 is 11.9 Å². The van der Waals surface area contributed by atoms with Crippen molar-refractivity contribution in [1.82, 2.24) is 4.57 Å². The molecular weight excluding hydrogens is 429 g/mol. The Labute approximate surface area is 150 Å². The van der Waals surface area contributed by atoms with Crippen molar-refractivity contribution < 1.29 is 24.2 Å². The van der Waals surface area contributed by atoms with Gasteiger partial charge in [-0.2, -0.15) is 5.26 Å². The highest BCUT2D eigenvalue weighted by Crippen LogP contribution is 2.32. The van der Waals surface area contributed by atoms with E-state index in [1.807, 2.05) is 28.7 Å². The van der Waals surface area contributed by atoms with Crippen LogP contribution in [0.25, 0.3) is 5.69 Å². The molecule has 0 fully saturated rings. The number of benzene rings is 1. The number of nitriles is 1.